The highest BCUT2D eigenvalue weighted by Gasteiger charge is 2.32. The molecule has 1 unspecified atom stereocenters. The van der Waals surface area contributed by atoms with Crippen molar-refractivity contribution in [3.05, 3.63) is 129 Å². The highest BCUT2D eigenvalue weighted by Crippen LogP contribution is 2.33. The largest absolute Gasteiger partial charge is 0.351 e. The van der Waals surface area contributed by atoms with Gasteiger partial charge >= 0.3 is 0 Å². The maximum absolute atomic E-state index is 14.2. The van der Waals surface area contributed by atoms with Gasteiger partial charge in [-0.05, 0) is 71.8 Å². The lowest BCUT2D eigenvalue weighted by Gasteiger charge is -2.42. The lowest BCUT2D eigenvalue weighted by Crippen LogP contribution is -2.48. The Kier molecular flexibility index (Phi) is 15.1. The van der Waals surface area contributed by atoms with Gasteiger partial charge < -0.3 is 16.0 Å². The number of carbonyl (C=O) groups excluding carboxylic acids is 2. The fourth-order valence-electron chi connectivity index (χ4n) is 6.19. The van der Waals surface area contributed by atoms with Crippen LogP contribution < -0.4 is 11.1 Å². The smallest absolute Gasteiger partial charge is 0.251 e. The number of benzene rings is 4. The molecule has 1 saturated heterocycles. The number of hydrogen-bond donors (Lipinski definition) is 2. The fourth-order valence-corrected chi connectivity index (χ4v) is 6.51. The summed E-state index contributed by atoms with van der Waals surface area (Å²) in [6, 6.07) is 31.5. The molecule has 4 aromatic carbocycles. The summed E-state index contributed by atoms with van der Waals surface area (Å²) in [4.78, 5) is 31.6. The van der Waals surface area contributed by atoms with E-state index in [1.54, 1.807) is 12.1 Å². The highest BCUT2D eigenvalue weighted by molar-refractivity contribution is 6.42. The van der Waals surface area contributed by atoms with Gasteiger partial charge in [0.25, 0.3) is 5.91 Å². The molecule has 3 N–H and O–H groups in total. The molecule has 1 atom stereocenters. The molecule has 4 aromatic rings. The molecule has 1 aliphatic heterocycles. The number of hydrogen-bond acceptors (Lipinski definition) is 4. The summed E-state index contributed by atoms with van der Waals surface area (Å²) < 4.78 is 0. The summed E-state index contributed by atoms with van der Waals surface area (Å²) in [6.45, 7) is 5.60. The second kappa shape index (κ2) is 18.4. The molecule has 5 rings (SSSR count). The van der Waals surface area contributed by atoms with Gasteiger partial charge in [-0.2, -0.15) is 0 Å². The molecule has 1 heterocycles. The SMILES string of the molecule is CC(c1cccc(-c2ccccc2C(=O)NCCN)c1)N(C(=O)Cc1ccc(Cl)c(Cl)c1)C1CCN(Cc2ccccc2)CC1.Cl.Cl. The minimum Gasteiger partial charge on any atom is -0.351 e. The van der Waals surface area contributed by atoms with E-state index in [0.29, 0.717) is 28.7 Å². The lowest BCUT2D eigenvalue weighted by molar-refractivity contribution is -0.136. The Morgan fingerprint density at radius 1 is 0.872 bits per heavy atom. The Bertz CT molecular complexity index is 1610. The third kappa shape index (κ3) is 9.96. The third-order valence-electron chi connectivity index (χ3n) is 8.53. The van der Waals surface area contributed by atoms with Gasteiger partial charge in [-0.25, -0.2) is 0 Å². The number of nitrogens with zero attached hydrogens (tertiary/aromatic N) is 2. The summed E-state index contributed by atoms with van der Waals surface area (Å²) in [7, 11) is 0. The molecule has 0 saturated carbocycles. The molecule has 47 heavy (non-hydrogen) atoms. The second-order valence-corrected chi connectivity index (χ2v) is 12.4. The van der Waals surface area contributed by atoms with Gasteiger partial charge in [0.1, 0.15) is 0 Å². The number of nitrogens with two attached hydrogens (primary N) is 1. The van der Waals surface area contributed by atoms with E-state index < -0.39 is 0 Å². The minimum atomic E-state index is -0.191. The van der Waals surface area contributed by atoms with Crippen LogP contribution in [-0.4, -0.2) is 53.8 Å². The Balaban J connectivity index is 0.00000300. The summed E-state index contributed by atoms with van der Waals surface area (Å²) in [6.07, 6.45) is 2.00. The first-order chi connectivity index (χ1) is 21.8. The number of amides is 2. The summed E-state index contributed by atoms with van der Waals surface area (Å²) >= 11 is 12.5. The maximum Gasteiger partial charge on any atom is 0.251 e. The standard InChI is InChI=1S/C37H40Cl2N4O2.2ClH/c1-26(29-10-7-11-30(24-29)32-12-5-6-13-33(32)37(45)41-19-18-40)43(36(44)23-28-14-15-34(38)35(39)22-28)31-16-20-42(21-17-31)25-27-8-3-2-4-9-27;;/h2-15,22,24,26,31H,16-21,23,25,40H2,1H3,(H,41,45);2*1H. The van der Waals surface area contributed by atoms with Crippen molar-refractivity contribution in [3.63, 3.8) is 0 Å². The van der Waals surface area contributed by atoms with E-state index in [4.69, 9.17) is 28.9 Å². The monoisotopic (exact) mass is 714 g/mol. The maximum atomic E-state index is 14.2. The van der Waals surface area contributed by atoms with Crippen LogP contribution in [0.2, 0.25) is 10.0 Å². The van der Waals surface area contributed by atoms with E-state index in [0.717, 1.165) is 54.7 Å². The van der Waals surface area contributed by atoms with Gasteiger partial charge in [0, 0.05) is 44.3 Å². The molecule has 1 fully saturated rings. The van der Waals surface area contributed by atoms with Crippen LogP contribution in [0.3, 0.4) is 0 Å². The first-order valence-electron chi connectivity index (χ1n) is 15.5. The van der Waals surface area contributed by atoms with Crippen molar-refractivity contribution in [3.8, 4) is 11.1 Å². The Labute approximate surface area is 300 Å². The van der Waals surface area contributed by atoms with E-state index in [2.05, 4.69) is 58.4 Å². The van der Waals surface area contributed by atoms with Crippen LogP contribution >= 0.6 is 48.0 Å². The molecule has 0 aliphatic carbocycles. The number of halogens is 4. The Morgan fingerprint density at radius 2 is 1.57 bits per heavy atom. The molecule has 10 heteroatoms. The van der Waals surface area contributed by atoms with E-state index in [1.165, 1.54) is 5.56 Å². The first kappa shape index (κ1) is 38.3. The average molecular weight is 717 g/mol. The molecule has 250 valence electrons. The van der Waals surface area contributed by atoms with Gasteiger partial charge in [-0.15, -0.1) is 24.8 Å². The van der Waals surface area contributed by atoms with Crippen molar-refractivity contribution in [1.82, 2.24) is 15.1 Å². The zero-order valence-electron chi connectivity index (χ0n) is 26.4. The topological polar surface area (TPSA) is 78.7 Å². The number of likely N-dealkylation sites (tertiary alicyclic amines) is 1. The Hall–Kier alpha value is -3.10. The van der Waals surface area contributed by atoms with Gasteiger partial charge in [0.05, 0.1) is 22.5 Å². The Morgan fingerprint density at radius 3 is 2.28 bits per heavy atom. The van der Waals surface area contributed by atoms with E-state index in [9.17, 15) is 9.59 Å². The van der Waals surface area contributed by atoms with E-state index in [-0.39, 0.29) is 55.1 Å². The fraction of sp³-hybridized carbons (Fsp3) is 0.297. The molecule has 0 aromatic heterocycles. The quantitative estimate of drug-likeness (QED) is 0.165. The van der Waals surface area contributed by atoms with Crippen LogP contribution in [0.5, 0.6) is 0 Å². The zero-order chi connectivity index (χ0) is 31.8. The van der Waals surface area contributed by atoms with Crippen molar-refractivity contribution >= 4 is 59.8 Å². The molecule has 0 spiro atoms. The third-order valence-corrected chi connectivity index (χ3v) is 9.26. The molecular formula is C37H42Cl4N4O2. The number of nitrogens with one attached hydrogen (secondary N) is 1. The van der Waals surface area contributed by atoms with Gasteiger partial charge in [0.2, 0.25) is 5.91 Å². The first-order valence-corrected chi connectivity index (χ1v) is 16.3. The number of carbonyl (C=O) groups is 2. The molecule has 0 bridgehead atoms. The van der Waals surface area contributed by atoms with Gasteiger partial charge in [-0.1, -0.05) is 96.0 Å². The summed E-state index contributed by atoms with van der Waals surface area (Å²) in [5.74, 6) is -0.107. The van der Waals surface area contributed by atoms with Crippen LogP contribution in [0.15, 0.2) is 97.1 Å². The summed E-state index contributed by atoms with van der Waals surface area (Å²) in [5.41, 5.74) is 11.1. The predicted molar refractivity (Wildman–Crippen MR) is 198 cm³/mol. The number of rotatable bonds is 11. The zero-order valence-corrected chi connectivity index (χ0v) is 29.6. The normalized spacial score (nSPS) is 14.0. The van der Waals surface area contributed by atoms with Gasteiger partial charge in [-0.3, -0.25) is 14.5 Å². The predicted octanol–water partition coefficient (Wildman–Crippen LogP) is 7.99. The van der Waals surface area contributed by atoms with Gasteiger partial charge in [0.15, 0.2) is 0 Å². The van der Waals surface area contributed by atoms with Crippen molar-refractivity contribution in [2.24, 2.45) is 5.73 Å². The van der Waals surface area contributed by atoms with Crippen molar-refractivity contribution in [2.45, 2.75) is 44.8 Å². The minimum absolute atomic E-state index is 0. The molecule has 2 amide bonds. The van der Waals surface area contributed by atoms with Crippen molar-refractivity contribution in [2.75, 3.05) is 26.2 Å². The lowest BCUT2D eigenvalue weighted by atomic mass is 9.93. The van der Waals surface area contributed by atoms with Crippen LogP contribution in [0.1, 0.15) is 52.9 Å². The molecular weight excluding hydrogens is 674 g/mol. The highest BCUT2D eigenvalue weighted by atomic mass is 35.5. The number of piperidine rings is 1. The van der Waals surface area contributed by atoms with Crippen LogP contribution in [0.25, 0.3) is 11.1 Å². The molecule has 1 aliphatic rings. The van der Waals surface area contributed by atoms with Crippen LogP contribution in [0, 0.1) is 0 Å². The van der Waals surface area contributed by atoms with Crippen molar-refractivity contribution in [1.29, 1.82) is 0 Å². The second-order valence-electron chi connectivity index (χ2n) is 11.6. The van der Waals surface area contributed by atoms with Crippen LogP contribution in [-0.2, 0) is 17.8 Å². The summed E-state index contributed by atoms with van der Waals surface area (Å²) in [5, 5.41) is 3.80. The molecule has 6 nitrogen and oxygen atoms in total. The average Bonchev–Trinajstić information content (AvgIpc) is 3.06. The van der Waals surface area contributed by atoms with E-state index in [1.807, 2.05) is 48.5 Å². The van der Waals surface area contributed by atoms with Crippen molar-refractivity contribution < 1.29 is 9.59 Å². The van der Waals surface area contributed by atoms with Crippen LogP contribution in [0.4, 0.5) is 0 Å². The van der Waals surface area contributed by atoms with E-state index >= 15 is 0 Å². The molecule has 0 radical (unpaired) electrons.